The van der Waals surface area contributed by atoms with Crippen LogP contribution in [0, 0.1) is 6.92 Å². The van der Waals surface area contributed by atoms with Gasteiger partial charge in [-0.05, 0) is 37.0 Å². The summed E-state index contributed by atoms with van der Waals surface area (Å²) in [6.45, 7) is 3.09. The number of hydrogen-bond acceptors (Lipinski definition) is 3. The molecule has 4 heteroatoms. The van der Waals surface area contributed by atoms with E-state index >= 15 is 0 Å². The number of ether oxygens (including phenoxy) is 1. The average Bonchev–Trinajstić information content (AvgIpc) is 2.33. The fraction of sp³-hybridized carbons (Fsp3) is 0.500. The molecule has 18 heavy (non-hydrogen) atoms. The van der Waals surface area contributed by atoms with Gasteiger partial charge in [-0.3, -0.25) is 4.79 Å². The number of Topliss-reactive ketones (excluding diaryl/α,β-unsaturated/α-hetero) is 1. The van der Waals surface area contributed by atoms with E-state index in [9.17, 15) is 4.79 Å². The molecular formula is C14H18ClNO2. The third-order valence-electron chi connectivity index (χ3n) is 3.50. The van der Waals surface area contributed by atoms with Crippen LogP contribution in [0.4, 0.5) is 0 Å². The maximum atomic E-state index is 12.3. The summed E-state index contributed by atoms with van der Waals surface area (Å²) >= 11 is 6.14. The van der Waals surface area contributed by atoms with E-state index in [4.69, 9.17) is 22.1 Å². The van der Waals surface area contributed by atoms with Crippen molar-refractivity contribution in [1.29, 1.82) is 0 Å². The zero-order valence-electron chi connectivity index (χ0n) is 10.5. The van der Waals surface area contributed by atoms with Gasteiger partial charge in [0.1, 0.15) is 0 Å². The summed E-state index contributed by atoms with van der Waals surface area (Å²) in [5, 5.41) is 0.638. The molecule has 0 aliphatic carbocycles. The number of halogens is 1. The van der Waals surface area contributed by atoms with E-state index < -0.39 is 5.54 Å². The van der Waals surface area contributed by atoms with Crippen molar-refractivity contribution in [3.63, 3.8) is 0 Å². The highest BCUT2D eigenvalue weighted by Gasteiger charge is 2.35. The van der Waals surface area contributed by atoms with Gasteiger partial charge in [0.25, 0.3) is 0 Å². The molecule has 1 heterocycles. The molecule has 0 unspecified atom stereocenters. The summed E-state index contributed by atoms with van der Waals surface area (Å²) < 4.78 is 5.25. The third-order valence-corrected chi connectivity index (χ3v) is 3.85. The Hall–Kier alpha value is -0.900. The number of hydrogen-bond donors (Lipinski definition) is 1. The number of benzene rings is 1. The molecule has 98 valence electrons. The lowest BCUT2D eigenvalue weighted by atomic mass is 9.84. The van der Waals surface area contributed by atoms with Crippen LogP contribution in [-0.4, -0.2) is 24.5 Å². The molecule has 1 aliphatic heterocycles. The molecule has 0 bridgehead atoms. The molecule has 0 spiro atoms. The molecule has 0 saturated carbocycles. The maximum Gasteiger partial charge on any atom is 0.157 e. The van der Waals surface area contributed by atoms with Gasteiger partial charge in [0, 0.05) is 24.7 Å². The molecule has 0 aromatic heterocycles. The fourth-order valence-electron chi connectivity index (χ4n) is 2.16. The first kappa shape index (κ1) is 13.5. The predicted molar refractivity (Wildman–Crippen MR) is 71.9 cm³/mol. The molecule has 0 radical (unpaired) electrons. The van der Waals surface area contributed by atoms with Crippen molar-refractivity contribution in [1.82, 2.24) is 0 Å². The number of ketones is 1. The number of nitrogens with two attached hydrogens (primary N) is 1. The lowest BCUT2D eigenvalue weighted by Gasteiger charge is -2.31. The van der Waals surface area contributed by atoms with E-state index in [1.807, 2.05) is 25.1 Å². The number of aryl methyl sites for hydroxylation is 1. The molecule has 1 aromatic rings. The summed E-state index contributed by atoms with van der Waals surface area (Å²) in [6, 6.07) is 5.73. The Balaban J connectivity index is 2.11. The molecule has 1 aromatic carbocycles. The normalized spacial score (nSPS) is 18.6. The van der Waals surface area contributed by atoms with Crippen LogP contribution in [0.15, 0.2) is 18.2 Å². The largest absolute Gasteiger partial charge is 0.381 e. The van der Waals surface area contributed by atoms with Crippen molar-refractivity contribution in [2.75, 3.05) is 13.2 Å². The number of carbonyl (C=O) groups excluding carboxylic acids is 1. The first-order valence-corrected chi connectivity index (χ1v) is 6.54. The van der Waals surface area contributed by atoms with Gasteiger partial charge in [0.05, 0.1) is 5.54 Å². The summed E-state index contributed by atoms with van der Waals surface area (Å²) in [6.07, 6.45) is 1.49. The van der Waals surface area contributed by atoms with E-state index in [-0.39, 0.29) is 5.78 Å². The summed E-state index contributed by atoms with van der Waals surface area (Å²) in [5.41, 5.74) is 7.35. The van der Waals surface area contributed by atoms with Gasteiger partial charge in [0.2, 0.25) is 0 Å². The van der Waals surface area contributed by atoms with Crippen molar-refractivity contribution in [3.8, 4) is 0 Å². The first-order valence-electron chi connectivity index (χ1n) is 6.16. The minimum atomic E-state index is -0.744. The minimum Gasteiger partial charge on any atom is -0.381 e. The van der Waals surface area contributed by atoms with Crippen molar-refractivity contribution >= 4 is 17.4 Å². The average molecular weight is 268 g/mol. The van der Waals surface area contributed by atoms with E-state index in [0.717, 1.165) is 11.1 Å². The van der Waals surface area contributed by atoms with Crippen LogP contribution < -0.4 is 5.73 Å². The van der Waals surface area contributed by atoms with Crippen LogP contribution in [0.1, 0.15) is 24.0 Å². The fourth-order valence-corrected chi connectivity index (χ4v) is 2.46. The van der Waals surface area contributed by atoms with E-state index in [1.54, 1.807) is 0 Å². The van der Waals surface area contributed by atoms with Crippen LogP contribution in [0.3, 0.4) is 0 Å². The molecule has 0 amide bonds. The highest BCUT2D eigenvalue weighted by Crippen LogP contribution is 2.24. The maximum absolute atomic E-state index is 12.3. The quantitative estimate of drug-likeness (QED) is 0.914. The second kappa shape index (κ2) is 5.39. The third kappa shape index (κ3) is 2.91. The van der Waals surface area contributed by atoms with E-state index in [0.29, 0.717) is 37.5 Å². The molecule has 1 fully saturated rings. The first-order chi connectivity index (χ1) is 8.51. The van der Waals surface area contributed by atoms with Crippen LogP contribution in [0.5, 0.6) is 0 Å². The van der Waals surface area contributed by atoms with Gasteiger partial charge in [-0.2, -0.15) is 0 Å². The van der Waals surface area contributed by atoms with Crippen molar-refractivity contribution < 1.29 is 9.53 Å². The minimum absolute atomic E-state index is 0.0524. The lowest BCUT2D eigenvalue weighted by molar-refractivity contribution is -0.126. The van der Waals surface area contributed by atoms with Gasteiger partial charge in [-0.25, -0.2) is 0 Å². The van der Waals surface area contributed by atoms with Gasteiger partial charge in [-0.1, -0.05) is 23.7 Å². The summed E-state index contributed by atoms with van der Waals surface area (Å²) in [4.78, 5) is 12.3. The Labute approximate surface area is 112 Å². The predicted octanol–water partition coefficient (Wildman–Crippen LogP) is 2.27. The van der Waals surface area contributed by atoms with Crippen LogP contribution >= 0.6 is 11.6 Å². The van der Waals surface area contributed by atoms with E-state index in [2.05, 4.69) is 0 Å². The highest BCUT2D eigenvalue weighted by atomic mass is 35.5. The summed E-state index contributed by atoms with van der Waals surface area (Å²) in [7, 11) is 0. The molecule has 1 aliphatic rings. The van der Waals surface area contributed by atoms with E-state index in [1.165, 1.54) is 0 Å². The van der Waals surface area contributed by atoms with Crippen LogP contribution in [0.25, 0.3) is 0 Å². The standard InChI is InChI=1S/C14H18ClNO2/c1-10-2-3-11(12(15)8-10)9-13(17)14(16)4-6-18-7-5-14/h2-3,8H,4-7,9,16H2,1H3. The van der Waals surface area contributed by atoms with Gasteiger partial charge < -0.3 is 10.5 Å². The van der Waals surface area contributed by atoms with Gasteiger partial charge in [-0.15, -0.1) is 0 Å². The van der Waals surface area contributed by atoms with Crippen LogP contribution in [0.2, 0.25) is 5.02 Å². The number of carbonyl (C=O) groups is 1. The lowest BCUT2D eigenvalue weighted by Crippen LogP contribution is -2.52. The van der Waals surface area contributed by atoms with Gasteiger partial charge in [0.15, 0.2) is 5.78 Å². The Morgan fingerprint density at radius 2 is 2.11 bits per heavy atom. The smallest absolute Gasteiger partial charge is 0.157 e. The number of rotatable bonds is 3. The highest BCUT2D eigenvalue weighted by molar-refractivity contribution is 6.31. The molecule has 2 rings (SSSR count). The molecular weight excluding hydrogens is 250 g/mol. The van der Waals surface area contributed by atoms with Crippen LogP contribution in [-0.2, 0) is 16.0 Å². The molecule has 0 atom stereocenters. The SMILES string of the molecule is Cc1ccc(CC(=O)C2(N)CCOCC2)c(Cl)c1. The Morgan fingerprint density at radius 3 is 2.72 bits per heavy atom. The summed E-state index contributed by atoms with van der Waals surface area (Å²) in [5.74, 6) is 0.0524. The monoisotopic (exact) mass is 267 g/mol. The van der Waals surface area contributed by atoms with Crippen molar-refractivity contribution in [3.05, 3.63) is 34.3 Å². The molecule has 1 saturated heterocycles. The molecule has 2 N–H and O–H groups in total. The van der Waals surface area contributed by atoms with Crippen molar-refractivity contribution in [2.24, 2.45) is 5.73 Å². The second-order valence-corrected chi connectivity index (χ2v) is 5.37. The Kier molecular flexibility index (Phi) is 4.05. The Morgan fingerprint density at radius 1 is 1.44 bits per heavy atom. The Bertz CT molecular complexity index is 453. The molecule has 3 nitrogen and oxygen atoms in total. The zero-order chi connectivity index (χ0) is 13.2. The second-order valence-electron chi connectivity index (χ2n) is 4.96. The van der Waals surface area contributed by atoms with Crippen molar-refractivity contribution in [2.45, 2.75) is 31.7 Å². The van der Waals surface area contributed by atoms with Gasteiger partial charge >= 0.3 is 0 Å². The topological polar surface area (TPSA) is 52.3 Å². The zero-order valence-corrected chi connectivity index (χ0v) is 11.3.